The lowest BCUT2D eigenvalue weighted by molar-refractivity contribution is 0.412. The molecule has 0 spiro atoms. The summed E-state index contributed by atoms with van der Waals surface area (Å²) in [5.41, 5.74) is 6.51. The Kier molecular flexibility index (Phi) is 5.79. The highest BCUT2D eigenvalue weighted by Crippen LogP contribution is 2.21. The van der Waals surface area contributed by atoms with Gasteiger partial charge in [-0.15, -0.1) is 0 Å². The van der Waals surface area contributed by atoms with Crippen LogP contribution in [0.15, 0.2) is 40.9 Å². The van der Waals surface area contributed by atoms with Crippen LogP contribution in [0.4, 0.5) is 5.69 Å². The zero-order valence-electron chi connectivity index (χ0n) is 13.3. The van der Waals surface area contributed by atoms with Gasteiger partial charge < -0.3 is 11.1 Å². The van der Waals surface area contributed by atoms with Crippen molar-refractivity contribution in [2.24, 2.45) is 5.73 Å². The van der Waals surface area contributed by atoms with Gasteiger partial charge in [-0.3, -0.25) is 5.41 Å². The van der Waals surface area contributed by atoms with Gasteiger partial charge in [0.05, 0.1) is 4.90 Å². The highest BCUT2D eigenvalue weighted by atomic mass is 32.2. The number of nitrogens with one attached hydrogen (secondary N) is 3. The van der Waals surface area contributed by atoms with Crippen LogP contribution in [0.5, 0.6) is 0 Å². The average molecular weight is 336 g/mol. The molecule has 0 radical (unpaired) electrons. The minimum Gasteiger partial charge on any atom is -0.404 e. The van der Waals surface area contributed by atoms with E-state index in [1.165, 1.54) is 18.7 Å². The molecule has 1 aromatic carbocycles. The predicted octanol–water partition coefficient (Wildman–Crippen LogP) is 2.55. The molecule has 1 saturated carbocycles. The summed E-state index contributed by atoms with van der Waals surface area (Å²) in [5.74, 6) is 0.141. The first-order valence-corrected chi connectivity index (χ1v) is 9.27. The monoisotopic (exact) mass is 336 g/mol. The Hall–Kier alpha value is -1.86. The standard InChI is InChI=1S/C16H24N4O2S/c1-12(11-17)16(18)19-14-8-5-9-15(10-14)23(21,22)20-13-6-3-2-4-7-13/h5,8-11,13,20H,2-4,6-7,17H2,1H3,(H2,18,19)/b12-11-. The van der Waals surface area contributed by atoms with Crippen molar-refractivity contribution in [2.75, 3.05) is 5.32 Å². The quantitative estimate of drug-likeness (QED) is 0.489. The molecule has 2 rings (SSSR count). The van der Waals surface area contributed by atoms with Gasteiger partial charge in [0.1, 0.15) is 5.84 Å². The highest BCUT2D eigenvalue weighted by Gasteiger charge is 2.22. The van der Waals surface area contributed by atoms with Crippen LogP contribution >= 0.6 is 0 Å². The fourth-order valence-corrected chi connectivity index (χ4v) is 3.93. The number of hydrogen-bond acceptors (Lipinski definition) is 4. The number of nitrogens with two attached hydrogens (primary N) is 1. The van der Waals surface area contributed by atoms with E-state index in [-0.39, 0.29) is 16.8 Å². The molecule has 0 atom stereocenters. The molecule has 1 aliphatic carbocycles. The summed E-state index contributed by atoms with van der Waals surface area (Å²) in [5, 5.41) is 10.7. The van der Waals surface area contributed by atoms with Gasteiger partial charge in [-0.05, 0) is 38.0 Å². The van der Waals surface area contributed by atoms with Crippen molar-refractivity contribution < 1.29 is 8.42 Å². The Labute approximate surface area is 137 Å². The van der Waals surface area contributed by atoms with Gasteiger partial charge in [-0.1, -0.05) is 25.3 Å². The molecule has 6 nitrogen and oxygen atoms in total. The molecule has 0 heterocycles. The molecule has 0 amide bonds. The number of rotatable bonds is 5. The third kappa shape index (κ3) is 4.80. The number of benzene rings is 1. The number of hydrogen-bond donors (Lipinski definition) is 4. The van der Waals surface area contributed by atoms with Crippen LogP contribution in [-0.4, -0.2) is 20.3 Å². The first kappa shape index (κ1) is 17.5. The molecular formula is C16H24N4O2S. The average Bonchev–Trinajstić information content (AvgIpc) is 2.55. The third-order valence-electron chi connectivity index (χ3n) is 3.99. The zero-order chi connectivity index (χ0) is 16.9. The second-order valence-corrected chi connectivity index (χ2v) is 7.55. The third-order valence-corrected chi connectivity index (χ3v) is 5.50. The second kappa shape index (κ2) is 7.61. The Balaban J connectivity index is 2.13. The summed E-state index contributed by atoms with van der Waals surface area (Å²) in [6, 6.07) is 6.49. The smallest absolute Gasteiger partial charge is 0.240 e. The summed E-state index contributed by atoms with van der Waals surface area (Å²) in [4.78, 5) is 0.204. The minimum atomic E-state index is -3.54. The van der Waals surface area contributed by atoms with Crippen molar-refractivity contribution in [3.05, 3.63) is 36.0 Å². The molecule has 0 aromatic heterocycles. The van der Waals surface area contributed by atoms with Gasteiger partial charge in [-0.25, -0.2) is 13.1 Å². The van der Waals surface area contributed by atoms with Crippen molar-refractivity contribution in [2.45, 2.75) is 50.0 Å². The lowest BCUT2D eigenvalue weighted by atomic mass is 9.96. The zero-order valence-corrected chi connectivity index (χ0v) is 14.1. The van der Waals surface area contributed by atoms with Gasteiger partial charge in [0.25, 0.3) is 0 Å². The van der Waals surface area contributed by atoms with Crippen molar-refractivity contribution in [3.63, 3.8) is 0 Å². The number of sulfonamides is 1. The van der Waals surface area contributed by atoms with E-state index in [1.807, 2.05) is 0 Å². The fourth-order valence-electron chi connectivity index (χ4n) is 2.58. The highest BCUT2D eigenvalue weighted by molar-refractivity contribution is 7.89. The molecule has 1 aromatic rings. The molecule has 126 valence electrons. The maximum atomic E-state index is 12.5. The maximum Gasteiger partial charge on any atom is 0.240 e. The molecule has 1 aliphatic rings. The molecule has 0 bridgehead atoms. The Morgan fingerprint density at radius 1 is 1.30 bits per heavy atom. The van der Waals surface area contributed by atoms with E-state index < -0.39 is 10.0 Å². The molecule has 0 saturated heterocycles. The first-order valence-electron chi connectivity index (χ1n) is 7.79. The lowest BCUT2D eigenvalue weighted by Gasteiger charge is -2.22. The van der Waals surface area contributed by atoms with Gasteiger partial charge in [0, 0.05) is 23.5 Å². The van der Waals surface area contributed by atoms with Crippen LogP contribution in [-0.2, 0) is 10.0 Å². The number of amidine groups is 1. The van der Waals surface area contributed by atoms with E-state index in [0.29, 0.717) is 11.3 Å². The van der Waals surface area contributed by atoms with Crippen LogP contribution in [0.3, 0.4) is 0 Å². The molecule has 0 aliphatic heterocycles. The van der Waals surface area contributed by atoms with Gasteiger partial charge in [0.2, 0.25) is 10.0 Å². The molecule has 5 N–H and O–H groups in total. The van der Waals surface area contributed by atoms with Crippen molar-refractivity contribution >= 4 is 21.5 Å². The summed E-state index contributed by atoms with van der Waals surface area (Å²) in [7, 11) is -3.54. The van der Waals surface area contributed by atoms with E-state index in [0.717, 1.165) is 25.7 Å². The summed E-state index contributed by atoms with van der Waals surface area (Å²) < 4.78 is 27.8. The Morgan fingerprint density at radius 3 is 2.65 bits per heavy atom. The topological polar surface area (TPSA) is 108 Å². The predicted molar refractivity (Wildman–Crippen MR) is 92.9 cm³/mol. The van der Waals surface area contributed by atoms with E-state index in [4.69, 9.17) is 11.1 Å². The molecular weight excluding hydrogens is 312 g/mol. The van der Waals surface area contributed by atoms with Gasteiger partial charge >= 0.3 is 0 Å². The second-order valence-electron chi connectivity index (χ2n) is 5.83. The van der Waals surface area contributed by atoms with E-state index in [1.54, 1.807) is 25.1 Å². The lowest BCUT2D eigenvalue weighted by Crippen LogP contribution is -2.36. The van der Waals surface area contributed by atoms with Crippen molar-refractivity contribution in [1.82, 2.24) is 4.72 Å². The van der Waals surface area contributed by atoms with Gasteiger partial charge in [-0.2, -0.15) is 0 Å². The van der Waals surface area contributed by atoms with Crippen molar-refractivity contribution in [1.29, 1.82) is 5.41 Å². The Morgan fingerprint density at radius 2 is 2.00 bits per heavy atom. The van der Waals surface area contributed by atoms with Gasteiger partial charge in [0.15, 0.2) is 0 Å². The summed E-state index contributed by atoms with van der Waals surface area (Å²) >= 11 is 0. The van der Waals surface area contributed by atoms with Crippen molar-refractivity contribution in [3.8, 4) is 0 Å². The van der Waals surface area contributed by atoms with Crippen LogP contribution in [0.1, 0.15) is 39.0 Å². The Bertz CT molecular complexity index is 692. The molecule has 23 heavy (non-hydrogen) atoms. The fraction of sp³-hybridized carbons (Fsp3) is 0.438. The first-order chi connectivity index (χ1) is 10.9. The maximum absolute atomic E-state index is 12.5. The summed E-state index contributed by atoms with van der Waals surface area (Å²) in [6.45, 7) is 1.71. The van der Waals surface area contributed by atoms with Crippen LogP contribution in [0.2, 0.25) is 0 Å². The minimum absolute atomic E-state index is 0.0195. The van der Waals surface area contributed by atoms with Crippen LogP contribution in [0.25, 0.3) is 0 Å². The summed E-state index contributed by atoms with van der Waals surface area (Å²) in [6.07, 6.45) is 6.42. The van der Waals surface area contributed by atoms with Crippen LogP contribution in [0, 0.1) is 5.41 Å². The molecule has 1 fully saturated rings. The molecule has 0 unspecified atom stereocenters. The normalized spacial score (nSPS) is 17.0. The van der Waals surface area contributed by atoms with E-state index in [2.05, 4.69) is 10.0 Å². The van der Waals surface area contributed by atoms with E-state index >= 15 is 0 Å². The van der Waals surface area contributed by atoms with Crippen LogP contribution < -0.4 is 15.8 Å². The largest absolute Gasteiger partial charge is 0.404 e. The SMILES string of the molecule is C/C(=C/N)C(=N)Nc1cccc(S(=O)(=O)NC2CCCCC2)c1. The molecule has 7 heteroatoms. The number of anilines is 1. The van der Waals surface area contributed by atoms with E-state index in [9.17, 15) is 8.42 Å².